The smallest absolute Gasteiger partial charge is 0.274 e. The molecule has 3 rings (SSSR count). The van der Waals surface area contributed by atoms with Gasteiger partial charge in [-0.15, -0.1) is 0 Å². The Kier molecular flexibility index (Phi) is 9.28. The number of rotatable bonds is 7. The van der Waals surface area contributed by atoms with Crippen molar-refractivity contribution in [1.29, 1.82) is 0 Å². The molecule has 1 aliphatic rings. The van der Waals surface area contributed by atoms with Gasteiger partial charge in [-0.2, -0.15) is 0 Å². The molecular formula is C22H32N4O2. The summed E-state index contributed by atoms with van der Waals surface area (Å²) in [4.78, 5) is 18.9. The fraction of sp³-hybridized carbons (Fsp3) is 0.455. The maximum atomic E-state index is 12.3. The van der Waals surface area contributed by atoms with E-state index in [1.54, 1.807) is 18.3 Å². The third-order valence-electron chi connectivity index (χ3n) is 4.33. The molecule has 6 heteroatoms. The third kappa shape index (κ3) is 6.85. The monoisotopic (exact) mass is 384 g/mol. The van der Waals surface area contributed by atoms with E-state index in [0.29, 0.717) is 18.1 Å². The van der Waals surface area contributed by atoms with Crippen molar-refractivity contribution in [2.24, 2.45) is 0 Å². The van der Waals surface area contributed by atoms with Crippen LogP contribution in [0, 0.1) is 0 Å². The van der Waals surface area contributed by atoms with Gasteiger partial charge in [0.05, 0.1) is 12.8 Å². The Labute approximate surface area is 168 Å². The molecule has 2 N–H and O–H groups in total. The van der Waals surface area contributed by atoms with Gasteiger partial charge >= 0.3 is 0 Å². The largest absolute Gasteiger partial charge is 0.492 e. The maximum absolute atomic E-state index is 12.3. The number of amides is 1. The quantitative estimate of drug-likeness (QED) is 0.708. The average Bonchev–Trinajstić information content (AvgIpc) is 3.25. The van der Waals surface area contributed by atoms with Crippen molar-refractivity contribution in [2.45, 2.75) is 32.6 Å². The van der Waals surface area contributed by atoms with E-state index in [4.69, 9.17) is 4.74 Å². The normalized spacial score (nSPS) is 12.9. The SMILES string of the molecule is CCCCOc1ccc(C(=O)Nc2ccc(N3CCCC3)cc2)nc1.CNC. The molecular weight excluding hydrogens is 352 g/mol. The molecule has 1 fully saturated rings. The van der Waals surface area contributed by atoms with Gasteiger partial charge in [-0.3, -0.25) is 4.79 Å². The molecule has 2 aromatic rings. The minimum Gasteiger partial charge on any atom is -0.492 e. The molecule has 0 bridgehead atoms. The first-order valence-corrected chi connectivity index (χ1v) is 10.0. The van der Waals surface area contributed by atoms with Crippen LogP contribution >= 0.6 is 0 Å². The molecule has 0 atom stereocenters. The molecule has 1 aromatic carbocycles. The first kappa shape index (κ1) is 21.7. The van der Waals surface area contributed by atoms with Gasteiger partial charge in [0.1, 0.15) is 11.4 Å². The lowest BCUT2D eigenvalue weighted by Crippen LogP contribution is -2.17. The molecule has 0 spiro atoms. The number of carbonyl (C=O) groups excluding carboxylic acids is 1. The van der Waals surface area contributed by atoms with Gasteiger partial charge in [-0.1, -0.05) is 13.3 Å². The second-order valence-corrected chi connectivity index (χ2v) is 6.78. The Bertz CT molecular complexity index is 695. The number of hydrogen-bond acceptors (Lipinski definition) is 5. The number of unbranched alkanes of at least 4 members (excludes halogenated alkanes) is 1. The fourth-order valence-corrected chi connectivity index (χ4v) is 2.86. The van der Waals surface area contributed by atoms with Gasteiger partial charge in [0.2, 0.25) is 0 Å². The predicted octanol–water partition coefficient (Wildman–Crippen LogP) is 3.95. The van der Waals surface area contributed by atoms with Gasteiger partial charge < -0.3 is 20.3 Å². The van der Waals surface area contributed by atoms with Gasteiger partial charge in [-0.05, 0) is 69.8 Å². The molecule has 1 saturated heterocycles. The molecule has 2 heterocycles. The van der Waals surface area contributed by atoms with E-state index in [-0.39, 0.29) is 5.91 Å². The number of nitrogens with one attached hydrogen (secondary N) is 2. The number of nitrogens with zero attached hydrogens (tertiary/aromatic N) is 2. The lowest BCUT2D eigenvalue weighted by Gasteiger charge is -2.17. The standard InChI is InChI=1S/C20H25N3O2.C2H7N/c1-2-3-14-25-18-10-11-19(21-15-18)20(24)22-16-6-8-17(9-7-16)23-12-4-5-13-23;1-3-2/h6-11,15H,2-5,12-14H2,1H3,(H,22,24);3H,1-2H3. The summed E-state index contributed by atoms with van der Waals surface area (Å²) in [5.41, 5.74) is 2.37. The van der Waals surface area contributed by atoms with Crippen LogP contribution < -0.4 is 20.3 Å². The van der Waals surface area contributed by atoms with Gasteiger partial charge in [-0.25, -0.2) is 4.98 Å². The van der Waals surface area contributed by atoms with E-state index < -0.39 is 0 Å². The zero-order chi connectivity index (χ0) is 20.2. The molecule has 0 radical (unpaired) electrons. The summed E-state index contributed by atoms with van der Waals surface area (Å²) in [5, 5.41) is 5.64. The predicted molar refractivity (Wildman–Crippen MR) is 115 cm³/mol. The van der Waals surface area contributed by atoms with Crippen LogP contribution in [0.15, 0.2) is 42.6 Å². The molecule has 6 nitrogen and oxygen atoms in total. The van der Waals surface area contributed by atoms with Crippen LogP contribution in [-0.2, 0) is 0 Å². The number of aromatic nitrogens is 1. The molecule has 1 aromatic heterocycles. The van der Waals surface area contributed by atoms with E-state index in [1.807, 2.05) is 26.2 Å². The van der Waals surface area contributed by atoms with Crippen LogP contribution in [0.1, 0.15) is 43.1 Å². The molecule has 0 saturated carbocycles. The highest BCUT2D eigenvalue weighted by Gasteiger charge is 2.12. The van der Waals surface area contributed by atoms with E-state index in [9.17, 15) is 4.79 Å². The Morgan fingerprint density at radius 3 is 2.36 bits per heavy atom. The topological polar surface area (TPSA) is 66.5 Å². The van der Waals surface area contributed by atoms with E-state index in [1.165, 1.54) is 18.5 Å². The summed E-state index contributed by atoms with van der Waals surface area (Å²) in [6, 6.07) is 11.5. The number of carbonyl (C=O) groups is 1. The maximum Gasteiger partial charge on any atom is 0.274 e. The molecule has 0 aliphatic carbocycles. The van der Waals surface area contributed by atoms with Crippen LogP contribution in [0.4, 0.5) is 11.4 Å². The molecule has 152 valence electrons. The Balaban J connectivity index is 0.000000878. The number of anilines is 2. The van der Waals surface area contributed by atoms with Crippen molar-refractivity contribution >= 4 is 17.3 Å². The molecule has 1 aliphatic heterocycles. The Morgan fingerprint density at radius 2 is 1.79 bits per heavy atom. The highest BCUT2D eigenvalue weighted by molar-refractivity contribution is 6.02. The van der Waals surface area contributed by atoms with Gasteiger partial charge in [0.15, 0.2) is 0 Å². The van der Waals surface area contributed by atoms with Crippen molar-refractivity contribution in [2.75, 3.05) is 44.0 Å². The van der Waals surface area contributed by atoms with E-state index in [0.717, 1.165) is 31.6 Å². The summed E-state index contributed by atoms with van der Waals surface area (Å²) in [6.45, 7) is 5.02. The van der Waals surface area contributed by atoms with Crippen molar-refractivity contribution in [3.8, 4) is 5.75 Å². The molecule has 1 amide bonds. The van der Waals surface area contributed by atoms with Crippen molar-refractivity contribution in [3.63, 3.8) is 0 Å². The van der Waals surface area contributed by atoms with E-state index >= 15 is 0 Å². The summed E-state index contributed by atoms with van der Waals surface area (Å²) in [7, 11) is 3.75. The minimum atomic E-state index is -0.214. The zero-order valence-corrected chi connectivity index (χ0v) is 17.2. The Morgan fingerprint density at radius 1 is 1.11 bits per heavy atom. The summed E-state index contributed by atoms with van der Waals surface area (Å²) in [6.07, 6.45) is 6.20. The van der Waals surface area contributed by atoms with Crippen LogP contribution in [0.5, 0.6) is 5.75 Å². The lowest BCUT2D eigenvalue weighted by atomic mass is 10.2. The minimum absolute atomic E-state index is 0.214. The van der Waals surface area contributed by atoms with Gasteiger partial charge in [0.25, 0.3) is 5.91 Å². The molecule has 0 unspecified atom stereocenters. The van der Waals surface area contributed by atoms with Crippen molar-refractivity contribution in [3.05, 3.63) is 48.3 Å². The zero-order valence-electron chi connectivity index (χ0n) is 17.2. The highest BCUT2D eigenvalue weighted by Crippen LogP contribution is 2.22. The van der Waals surface area contributed by atoms with Crippen molar-refractivity contribution < 1.29 is 9.53 Å². The Hall–Kier alpha value is -2.60. The van der Waals surface area contributed by atoms with Gasteiger partial charge in [0, 0.05) is 24.5 Å². The number of ether oxygens (including phenoxy) is 1. The fourth-order valence-electron chi connectivity index (χ4n) is 2.86. The average molecular weight is 385 g/mol. The summed E-state index contributed by atoms with van der Waals surface area (Å²) < 4.78 is 5.56. The van der Waals surface area contributed by atoms with Crippen LogP contribution in [0.25, 0.3) is 0 Å². The first-order chi connectivity index (χ1) is 13.7. The first-order valence-electron chi connectivity index (χ1n) is 10.0. The number of benzene rings is 1. The molecule has 28 heavy (non-hydrogen) atoms. The number of hydrogen-bond donors (Lipinski definition) is 2. The van der Waals surface area contributed by atoms with Crippen molar-refractivity contribution in [1.82, 2.24) is 10.3 Å². The van der Waals surface area contributed by atoms with E-state index in [2.05, 4.69) is 39.6 Å². The summed E-state index contributed by atoms with van der Waals surface area (Å²) in [5.74, 6) is 0.481. The van der Waals surface area contributed by atoms with Crippen LogP contribution in [0.2, 0.25) is 0 Å². The summed E-state index contributed by atoms with van der Waals surface area (Å²) >= 11 is 0. The third-order valence-corrected chi connectivity index (χ3v) is 4.33. The lowest BCUT2D eigenvalue weighted by molar-refractivity contribution is 0.102. The van der Waals surface area contributed by atoms with Crippen LogP contribution in [0.3, 0.4) is 0 Å². The second-order valence-electron chi connectivity index (χ2n) is 6.78. The highest BCUT2D eigenvalue weighted by atomic mass is 16.5. The second kappa shape index (κ2) is 12.0. The van der Waals surface area contributed by atoms with Crippen LogP contribution in [-0.4, -0.2) is 44.7 Å². The number of pyridine rings is 1.